The third-order valence-electron chi connectivity index (χ3n) is 7.34. The molecule has 0 aromatic heterocycles. The summed E-state index contributed by atoms with van der Waals surface area (Å²) in [4.78, 5) is 38.4. The molecule has 7 nitrogen and oxygen atoms in total. The van der Waals surface area contributed by atoms with E-state index in [1.807, 2.05) is 31.2 Å². The predicted octanol–water partition coefficient (Wildman–Crippen LogP) is 3.63. The number of likely N-dealkylation sites (tertiary alicyclic amines) is 1. The van der Waals surface area contributed by atoms with Crippen LogP contribution in [0.25, 0.3) is 11.1 Å². The average Bonchev–Trinajstić information content (AvgIpc) is 3.29. The van der Waals surface area contributed by atoms with Gasteiger partial charge in [0.1, 0.15) is 6.61 Å². The van der Waals surface area contributed by atoms with E-state index in [1.165, 1.54) is 11.1 Å². The highest BCUT2D eigenvalue weighted by atomic mass is 16.5. The minimum atomic E-state index is -0.865. The maximum atomic E-state index is 12.8. The Balaban J connectivity index is 1.18. The normalized spacial score (nSPS) is 22.4. The highest BCUT2D eigenvalue weighted by Gasteiger charge is 2.48. The number of benzene rings is 2. The molecule has 0 spiro atoms. The van der Waals surface area contributed by atoms with Gasteiger partial charge in [-0.1, -0.05) is 55.5 Å². The molecule has 0 bridgehead atoms. The minimum Gasteiger partial charge on any atom is -0.481 e. The molecule has 2 N–H and O–H groups in total. The Morgan fingerprint density at radius 2 is 1.64 bits per heavy atom. The summed E-state index contributed by atoms with van der Waals surface area (Å²) in [6.45, 7) is 2.76. The van der Waals surface area contributed by atoms with Crippen molar-refractivity contribution in [1.82, 2.24) is 10.2 Å². The van der Waals surface area contributed by atoms with Crippen molar-refractivity contribution in [2.45, 2.75) is 37.6 Å². The Morgan fingerprint density at radius 3 is 2.18 bits per heavy atom. The van der Waals surface area contributed by atoms with Gasteiger partial charge < -0.3 is 20.1 Å². The summed E-state index contributed by atoms with van der Waals surface area (Å²) in [5.41, 5.74) is 4.07. The van der Waals surface area contributed by atoms with Gasteiger partial charge in [0.2, 0.25) is 5.91 Å². The molecule has 2 fully saturated rings. The summed E-state index contributed by atoms with van der Waals surface area (Å²) < 4.78 is 5.64. The minimum absolute atomic E-state index is 0.0148. The van der Waals surface area contributed by atoms with Crippen molar-refractivity contribution in [3.8, 4) is 11.1 Å². The summed E-state index contributed by atoms with van der Waals surface area (Å²) >= 11 is 0. The van der Waals surface area contributed by atoms with Gasteiger partial charge in [0.05, 0.1) is 17.9 Å². The van der Waals surface area contributed by atoms with Crippen LogP contribution < -0.4 is 5.32 Å². The van der Waals surface area contributed by atoms with E-state index < -0.39 is 23.5 Å². The molecule has 3 aliphatic rings. The fourth-order valence-corrected chi connectivity index (χ4v) is 5.24. The number of hydrogen-bond donors (Lipinski definition) is 2. The van der Waals surface area contributed by atoms with E-state index in [0.717, 1.165) is 11.1 Å². The lowest BCUT2D eigenvalue weighted by Crippen LogP contribution is -2.42. The highest BCUT2D eigenvalue weighted by molar-refractivity contribution is 5.82. The van der Waals surface area contributed by atoms with Crippen molar-refractivity contribution in [3.05, 3.63) is 59.7 Å². The molecular weight excluding hydrogens is 420 g/mol. The first-order chi connectivity index (χ1) is 15.9. The summed E-state index contributed by atoms with van der Waals surface area (Å²) in [6.07, 6.45) is 1.10. The van der Waals surface area contributed by atoms with E-state index in [-0.39, 0.29) is 37.3 Å². The standard InChI is InChI=1S/C26H28N2O5/c1-16-13-28(14-21(16)24(30)31)23(29)12-26(10-11-26)27-25(32)33-15-22-19-8-4-2-6-17(19)18-7-3-5-9-20(18)22/h2-9,16,21-22H,10-15H2,1H3,(H,27,32)(H,30,31). The van der Waals surface area contributed by atoms with Crippen LogP contribution in [0.5, 0.6) is 0 Å². The number of nitrogens with zero attached hydrogens (tertiary/aromatic N) is 1. The molecule has 2 aliphatic carbocycles. The third-order valence-corrected chi connectivity index (χ3v) is 7.34. The van der Waals surface area contributed by atoms with E-state index in [2.05, 4.69) is 29.6 Å². The lowest BCUT2D eigenvalue weighted by atomic mass is 9.98. The van der Waals surface area contributed by atoms with Crippen LogP contribution in [0.15, 0.2) is 48.5 Å². The summed E-state index contributed by atoms with van der Waals surface area (Å²) in [5.74, 6) is -1.59. The van der Waals surface area contributed by atoms with Gasteiger partial charge in [-0.2, -0.15) is 0 Å². The van der Waals surface area contributed by atoms with Gasteiger partial charge in [-0.05, 0) is 41.0 Å². The first-order valence-electron chi connectivity index (χ1n) is 11.5. The number of rotatable bonds is 6. The number of ether oxygens (including phenoxy) is 1. The van der Waals surface area contributed by atoms with Crippen molar-refractivity contribution >= 4 is 18.0 Å². The SMILES string of the molecule is CC1CN(C(=O)CC2(NC(=O)OCC3c4ccccc4-c4ccccc43)CC2)CC1C(=O)O. The van der Waals surface area contributed by atoms with Gasteiger partial charge in [0.15, 0.2) is 0 Å². The molecule has 2 aromatic rings. The van der Waals surface area contributed by atoms with E-state index in [9.17, 15) is 19.5 Å². The van der Waals surface area contributed by atoms with Crippen LogP contribution in [-0.2, 0) is 14.3 Å². The molecule has 2 amide bonds. The van der Waals surface area contributed by atoms with E-state index in [4.69, 9.17) is 4.74 Å². The van der Waals surface area contributed by atoms with Crippen molar-refractivity contribution in [3.63, 3.8) is 0 Å². The molecule has 7 heteroatoms. The first-order valence-corrected chi connectivity index (χ1v) is 11.5. The highest BCUT2D eigenvalue weighted by Crippen LogP contribution is 2.45. The summed E-state index contributed by atoms with van der Waals surface area (Å²) in [6, 6.07) is 16.3. The second kappa shape index (κ2) is 8.21. The monoisotopic (exact) mass is 448 g/mol. The molecule has 1 heterocycles. The number of amides is 2. The lowest BCUT2D eigenvalue weighted by Gasteiger charge is -2.22. The number of hydrogen-bond acceptors (Lipinski definition) is 4. The van der Waals surface area contributed by atoms with Crippen molar-refractivity contribution in [2.75, 3.05) is 19.7 Å². The molecule has 1 saturated heterocycles. The topological polar surface area (TPSA) is 95.9 Å². The maximum Gasteiger partial charge on any atom is 0.407 e. The molecule has 2 atom stereocenters. The van der Waals surface area contributed by atoms with Crippen molar-refractivity contribution in [2.24, 2.45) is 11.8 Å². The number of nitrogens with one attached hydrogen (secondary N) is 1. The van der Waals surface area contributed by atoms with Crippen LogP contribution in [0.4, 0.5) is 4.79 Å². The quantitative estimate of drug-likeness (QED) is 0.704. The number of carboxylic acids is 1. The number of carbonyl (C=O) groups is 3. The van der Waals surface area contributed by atoms with Crippen LogP contribution >= 0.6 is 0 Å². The van der Waals surface area contributed by atoms with Crippen LogP contribution in [0, 0.1) is 11.8 Å². The smallest absolute Gasteiger partial charge is 0.407 e. The zero-order valence-corrected chi connectivity index (χ0v) is 18.6. The molecule has 2 aromatic carbocycles. The van der Waals surface area contributed by atoms with Gasteiger partial charge >= 0.3 is 12.1 Å². The lowest BCUT2D eigenvalue weighted by molar-refractivity contribution is -0.142. The Hall–Kier alpha value is -3.35. The molecule has 2 unspecified atom stereocenters. The Labute approximate surface area is 192 Å². The number of fused-ring (bicyclic) bond motifs is 3. The fourth-order valence-electron chi connectivity index (χ4n) is 5.24. The molecule has 0 radical (unpaired) electrons. The predicted molar refractivity (Wildman–Crippen MR) is 122 cm³/mol. The Bertz CT molecular complexity index is 1060. The molecule has 5 rings (SSSR count). The zero-order chi connectivity index (χ0) is 23.2. The van der Waals surface area contributed by atoms with Crippen LogP contribution in [0.1, 0.15) is 43.2 Å². The molecule has 1 aliphatic heterocycles. The average molecular weight is 449 g/mol. The zero-order valence-electron chi connectivity index (χ0n) is 18.6. The van der Waals surface area contributed by atoms with Crippen LogP contribution in [0.3, 0.4) is 0 Å². The van der Waals surface area contributed by atoms with Gasteiger partial charge in [-0.3, -0.25) is 9.59 Å². The Kier molecular flexibility index (Phi) is 5.35. The van der Waals surface area contributed by atoms with E-state index in [0.29, 0.717) is 19.4 Å². The first kappa shape index (κ1) is 21.5. The van der Waals surface area contributed by atoms with Crippen molar-refractivity contribution in [1.29, 1.82) is 0 Å². The second-order valence-electron chi connectivity index (χ2n) is 9.63. The van der Waals surface area contributed by atoms with Crippen LogP contribution in [-0.4, -0.2) is 53.2 Å². The number of alkyl carbamates (subject to hydrolysis) is 1. The van der Waals surface area contributed by atoms with Crippen LogP contribution in [0.2, 0.25) is 0 Å². The van der Waals surface area contributed by atoms with Gasteiger partial charge in [0, 0.05) is 19.0 Å². The van der Waals surface area contributed by atoms with E-state index in [1.54, 1.807) is 4.90 Å². The maximum absolute atomic E-state index is 12.8. The molecular formula is C26H28N2O5. The number of carboxylic acid groups (broad SMARTS) is 1. The largest absolute Gasteiger partial charge is 0.481 e. The van der Waals surface area contributed by atoms with Gasteiger partial charge in [-0.25, -0.2) is 4.79 Å². The van der Waals surface area contributed by atoms with Gasteiger partial charge in [-0.15, -0.1) is 0 Å². The third kappa shape index (κ3) is 4.08. The molecule has 172 valence electrons. The summed E-state index contributed by atoms with van der Waals surface area (Å²) in [7, 11) is 0. The second-order valence-corrected chi connectivity index (χ2v) is 9.63. The molecule has 1 saturated carbocycles. The number of carbonyl (C=O) groups excluding carboxylic acids is 2. The number of aliphatic carboxylic acids is 1. The summed E-state index contributed by atoms with van der Waals surface area (Å²) in [5, 5.41) is 12.2. The molecule has 33 heavy (non-hydrogen) atoms. The van der Waals surface area contributed by atoms with Crippen molar-refractivity contribution < 1.29 is 24.2 Å². The fraction of sp³-hybridized carbons (Fsp3) is 0.423. The van der Waals surface area contributed by atoms with Gasteiger partial charge in [0.25, 0.3) is 0 Å². The van der Waals surface area contributed by atoms with E-state index >= 15 is 0 Å². The Morgan fingerprint density at radius 1 is 1.03 bits per heavy atom.